The number of Topliss-reactive ketones (excluding diaryl/α,β-unsaturated/α-hetero) is 1. The van der Waals surface area contributed by atoms with Crippen LogP contribution in [0.3, 0.4) is 0 Å². The molecule has 1 unspecified atom stereocenters. The van der Waals surface area contributed by atoms with Gasteiger partial charge in [-0.25, -0.2) is 0 Å². The van der Waals surface area contributed by atoms with Crippen molar-refractivity contribution in [3.8, 4) is 0 Å². The predicted octanol–water partition coefficient (Wildman–Crippen LogP) is 4.65. The van der Waals surface area contributed by atoms with Crippen molar-refractivity contribution in [3.63, 3.8) is 0 Å². The van der Waals surface area contributed by atoms with Crippen LogP contribution in [0.5, 0.6) is 0 Å². The second-order valence-electron chi connectivity index (χ2n) is 4.08. The fraction of sp³-hybridized carbons (Fsp3) is 0.133. The molecule has 0 saturated heterocycles. The second kappa shape index (κ2) is 6.13. The van der Waals surface area contributed by atoms with E-state index in [0.29, 0.717) is 10.5 Å². The molecule has 0 N–H and O–H groups in total. The summed E-state index contributed by atoms with van der Waals surface area (Å²) in [5, 5.41) is -1.28. The number of alkyl halides is 3. The van der Waals surface area contributed by atoms with Gasteiger partial charge in [0.15, 0.2) is 0 Å². The van der Waals surface area contributed by atoms with Crippen molar-refractivity contribution >= 4 is 17.5 Å². The van der Waals surface area contributed by atoms with Gasteiger partial charge < -0.3 is 0 Å². The van der Waals surface area contributed by atoms with Crippen molar-refractivity contribution in [2.24, 2.45) is 0 Å². The molecule has 0 aliphatic rings. The van der Waals surface area contributed by atoms with Crippen LogP contribution in [0.4, 0.5) is 13.2 Å². The van der Waals surface area contributed by atoms with Gasteiger partial charge in [-0.05, 0) is 17.7 Å². The molecule has 0 fully saturated rings. The topological polar surface area (TPSA) is 17.1 Å². The third-order valence-electron chi connectivity index (χ3n) is 2.62. The fourth-order valence-electron chi connectivity index (χ4n) is 1.68. The average molecular weight is 296 g/mol. The number of thioether (sulfide) groups is 1. The van der Waals surface area contributed by atoms with Gasteiger partial charge in [0.1, 0.15) is 5.25 Å². The van der Waals surface area contributed by atoms with E-state index in [1.165, 1.54) is 12.1 Å². The highest BCUT2D eigenvalue weighted by Gasteiger charge is 2.44. The standard InChI is InChI=1S/C15H11F3OS/c16-15(17,18)14(19)13(11-7-3-1-4-8-11)20-12-9-5-2-6-10-12/h1-10,13H. The number of hydrogen-bond acceptors (Lipinski definition) is 2. The van der Waals surface area contributed by atoms with Crippen LogP contribution < -0.4 is 0 Å². The van der Waals surface area contributed by atoms with Gasteiger partial charge in [-0.15, -0.1) is 11.8 Å². The molecule has 0 aromatic heterocycles. The SMILES string of the molecule is O=C(C(Sc1ccccc1)c1ccccc1)C(F)(F)F. The van der Waals surface area contributed by atoms with Crippen LogP contribution in [0, 0.1) is 0 Å². The maximum Gasteiger partial charge on any atom is 0.451 e. The lowest BCUT2D eigenvalue weighted by Crippen LogP contribution is -2.27. The minimum Gasteiger partial charge on any atom is -0.288 e. The summed E-state index contributed by atoms with van der Waals surface area (Å²) in [5.41, 5.74) is 0.351. The smallest absolute Gasteiger partial charge is 0.288 e. The van der Waals surface area contributed by atoms with Crippen LogP contribution in [0.2, 0.25) is 0 Å². The van der Waals surface area contributed by atoms with Crippen molar-refractivity contribution in [1.82, 2.24) is 0 Å². The molecule has 0 radical (unpaired) electrons. The first-order valence-electron chi connectivity index (χ1n) is 5.86. The highest BCUT2D eigenvalue weighted by atomic mass is 32.2. The quantitative estimate of drug-likeness (QED) is 0.764. The van der Waals surface area contributed by atoms with Gasteiger partial charge >= 0.3 is 6.18 Å². The van der Waals surface area contributed by atoms with Gasteiger partial charge in [-0.1, -0.05) is 48.5 Å². The van der Waals surface area contributed by atoms with Crippen molar-refractivity contribution in [1.29, 1.82) is 0 Å². The summed E-state index contributed by atoms with van der Waals surface area (Å²) < 4.78 is 38.2. The maximum atomic E-state index is 12.7. The van der Waals surface area contributed by atoms with Gasteiger partial charge in [0.25, 0.3) is 5.78 Å². The number of rotatable bonds is 4. The van der Waals surface area contributed by atoms with Crippen LogP contribution in [0.25, 0.3) is 0 Å². The van der Waals surface area contributed by atoms with Crippen molar-refractivity contribution in [3.05, 3.63) is 66.2 Å². The predicted molar refractivity (Wildman–Crippen MR) is 72.5 cm³/mol. The maximum absolute atomic E-state index is 12.7. The molecule has 1 nitrogen and oxygen atoms in total. The number of carbonyl (C=O) groups is 1. The summed E-state index contributed by atoms with van der Waals surface area (Å²) in [7, 11) is 0. The Bertz CT molecular complexity index is 567. The zero-order valence-electron chi connectivity index (χ0n) is 10.3. The highest BCUT2D eigenvalue weighted by Crippen LogP contribution is 2.40. The summed E-state index contributed by atoms with van der Waals surface area (Å²) in [4.78, 5) is 12.2. The van der Waals surface area contributed by atoms with E-state index in [1.54, 1.807) is 48.5 Å². The van der Waals surface area contributed by atoms with Gasteiger partial charge in [0.05, 0.1) is 0 Å². The fourth-order valence-corrected chi connectivity index (χ4v) is 2.80. The van der Waals surface area contributed by atoms with E-state index in [2.05, 4.69) is 0 Å². The highest BCUT2D eigenvalue weighted by molar-refractivity contribution is 8.00. The van der Waals surface area contributed by atoms with Crippen LogP contribution in [0.15, 0.2) is 65.6 Å². The Balaban J connectivity index is 2.33. The first-order chi connectivity index (χ1) is 9.48. The molecule has 5 heteroatoms. The first-order valence-corrected chi connectivity index (χ1v) is 6.74. The van der Waals surface area contributed by atoms with Gasteiger partial charge in [0, 0.05) is 4.90 Å². The molecule has 0 aliphatic carbocycles. The number of benzene rings is 2. The number of hydrogen-bond donors (Lipinski definition) is 0. The molecule has 1 atom stereocenters. The molecule has 0 saturated carbocycles. The molecule has 104 valence electrons. The summed E-state index contributed by atoms with van der Waals surface area (Å²) in [6, 6.07) is 16.6. The number of halogens is 3. The van der Waals surface area contributed by atoms with Crippen LogP contribution in [0.1, 0.15) is 10.8 Å². The molecular formula is C15H11F3OS. The van der Waals surface area contributed by atoms with Crippen LogP contribution in [-0.4, -0.2) is 12.0 Å². The molecular weight excluding hydrogens is 285 g/mol. The largest absolute Gasteiger partial charge is 0.451 e. The number of carbonyl (C=O) groups excluding carboxylic acids is 1. The Hall–Kier alpha value is -1.75. The van der Waals surface area contributed by atoms with E-state index in [0.717, 1.165) is 11.8 Å². The Labute approximate surface area is 118 Å². The zero-order chi connectivity index (χ0) is 14.6. The monoisotopic (exact) mass is 296 g/mol. The third-order valence-corrected chi connectivity index (χ3v) is 3.88. The molecule has 2 aromatic carbocycles. The first kappa shape index (κ1) is 14.7. The van der Waals surface area contributed by atoms with Crippen molar-refractivity contribution in [2.45, 2.75) is 16.3 Å². The van der Waals surface area contributed by atoms with Gasteiger partial charge in [-0.3, -0.25) is 4.79 Å². The lowest BCUT2D eigenvalue weighted by molar-refractivity contribution is -0.170. The molecule has 0 bridgehead atoms. The van der Waals surface area contributed by atoms with Crippen LogP contribution in [-0.2, 0) is 4.79 Å². The van der Waals surface area contributed by atoms with Gasteiger partial charge in [-0.2, -0.15) is 13.2 Å². The Morgan fingerprint density at radius 1 is 0.900 bits per heavy atom. The Kier molecular flexibility index (Phi) is 4.49. The summed E-state index contributed by atoms with van der Waals surface area (Å²) >= 11 is 0.907. The summed E-state index contributed by atoms with van der Waals surface area (Å²) in [5.74, 6) is -1.74. The van der Waals surface area contributed by atoms with Crippen molar-refractivity contribution < 1.29 is 18.0 Å². The molecule has 2 aromatic rings. The second-order valence-corrected chi connectivity index (χ2v) is 5.26. The van der Waals surface area contributed by atoms with Gasteiger partial charge in [0.2, 0.25) is 0 Å². The third kappa shape index (κ3) is 3.63. The lowest BCUT2D eigenvalue weighted by Gasteiger charge is -2.17. The Morgan fingerprint density at radius 3 is 1.90 bits per heavy atom. The summed E-state index contributed by atoms with van der Waals surface area (Å²) in [6.07, 6.45) is -4.84. The molecule has 2 rings (SSSR count). The van der Waals surface area contributed by atoms with Crippen molar-refractivity contribution in [2.75, 3.05) is 0 Å². The molecule has 0 aliphatic heterocycles. The Morgan fingerprint density at radius 2 is 1.40 bits per heavy atom. The van der Waals surface area contributed by atoms with E-state index in [9.17, 15) is 18.0 Å². The molecule has 0 spiro atoms. The molecule has 0 heterocycles. The molecule has 0 amide bonds. The minimum atomic E-state index is -4.84. The summed E-state index contributed by atoms with van der Waals surface area (Å²) in [6.45, 7) is 0. The lowest BCUT2D eigenvalue weighted by atomic mass is 10.1. The van der Waals surface area contributed by atoms with E-state index in [-0.39, 0.29) is 0 Å². The average Bonchev–Trinajstić information content (AvgIpc) is 2.45. The van der Waals surface area contributed by atoms with E-state index >= 15 is 0 Å². The van der Waals surface area contributed by atoms with Crippen LogP contribution >= 0.6 is 11.8 Å². The van der Waals surface area contributed by atoms with E-state index in [4.69, 9.17) is 0 Å². The van der Waals surface area contributed by atoms with E-state index in [1.807, 2.05) is 0 Å². The minimum absolute atomic E-state index is 0.351. The van der Waals surface area contributed by atoms with E-state index < -0.39 is 17.2 Å². The molecule has 20 heavy (non-hydrogen) atoms. The normalized spacial score (nSPS) is 12.9. The zero-order valence-corrected chi connectivity index (χ0v) is 11.1. The number of ketones is 1.